The minimum absolute atomic E-state index is 0.114. The highest BCUT2D eigenvalue weighted by molar-refractivity contribution is 7.92. The fourth-order valence-corrected chi connectivity index (χ4v) is 6.46. The van der Waals surface area contributed by atoms with Gasteiger partial charge in [0, 0.05) is 22.3 Å². The Morgan fingerprint density at radius 3 is 2.26 bits per heavy atom. The van der Waals surface area contributed by atoms with Gasteiger partial charge >= 0.3 is 5.97 Å². The van der Waals surface area contributed by atoms with Gasteiger partial charge in [-0.15, -0.1) is 0 Å². The first-order valence-corrected chi connectivity index (χ1v) is 14.5. The van der Waals surface area contributed by atoms with E-state index < -0.39 is 33.5 Å². The number of anilines is 1. The predicted molar refractivity (Wildman–Crippen MR) is 150 cm³/mol. The number of phenols is 1. The molecule has 2 N–H and O–H groups in total. The normalized spacial score (nSPS) is 14.1. The van der Waals surface area contributed by atoms with Crippen molar-refractivity contribution in [2.75, 3.05) is 10.6 Å². The van der Waals surface area contributed by atoms with Gasteiger partial charge in [0.15, 0.2) is 6.10 Å². The first kappa shape index (κ1) is 28.9. The highest BCUT2D eigenvalue weighted by Gasteiger charge is 2.39. The lowest BCUT2D eigenvalue weighted by atomic mass is 9.79. The number of aromatic hydroxyl groups is 1. The average Bonchev–Trinajstić information content (AvgIpc) is 2.82. The molecule has 0 aromatic heterocycles. The molecule has 3 aromatic carbocycles. The zero-order valence-electron chi connectivity index (χ0n) is 22.8. The average molecular weight is 576 g/mol. The van der Waals surface area contributed by atoms with E-state index in [4.69, 9.17) is 16.3 Å². The van der Waals surface area contributed by atoms with E-state index in [2.05, 4.69) is 0 Å². The molecule has 0 saturated heterocycles. The molecule has 4 rings (SSSR count). The summed E-state index contributed by atoms with van der Waals surface area (Å²) in [6.07, 6.45) is -0.449. The van der Waals surface area contributed by atoms with Gasteiger partial charge in [-0.25, -0.2) is 17.6 Å². The van der Waals surface area contributed by atoms with Crippen LogP contribution in [0.15, 0.2) is 30.3 Å². The highest BCUT2D eigenvalue weighted by Crippen LogP contribution is 2.53. The predicted octanol–water partition coefficient (Wildman–Crippen LogP) is 6.66. The van der Waals surface area contributed by atoms with Gasteiger partial charge in [-0.2, -0.15) is 0 Å². The third kappa shape index (κ3) is 4.99. The number of benzene rings is 3. The third-order valence-electron chi connectivity index (χ3n) is 6.94. The van der Waals surface area contributed by atoms with Gasteiger partial charge in [-0.1, -0.05) is 29.8 Å². The first-order chi connectivity index (χ1) is 18.0. The number of halogens is 2. The number of sulfonamides is 1. The van der Waals surface area contributed by atoms with Crippen molar-refractivity contribution in [2.24, 2.45) is 0 Å². The molecule has 0 saturated carbocycles. The van der Waals surface area contributed by atoms with E-state index in [1.165, 1.54) is 22.5 Å². The van der Waals surface area contributed by atoms with Crippen molar-refractivity contribution >= 4 is 33.3 Å². The Hall–Kier alpha value is -3.14. The molecule has 1 atom stereocenters. The minimum atomic E-state index is -3.86. The summed E-state index contributed by atoms with van der Waals surface area (Å²) >= 11 is 6.16. The van der Waals surface area contributed by atoms with Crippen LogP contribution in [0.4, 0.5) is 10.1 Å². The largest absolute Gasteiger partial charge is 0.506 e. The van der Waals surface area contributed by atoms with Gasteiger partial charge in [-0.3, -0.25) is 4.31 Å². The van der Waals surface area contributed by atoms with E-state index in [-0.39, 0.29) is 34.1 Å². The molecule has 0 spiro atoms. The molecule has 39 heavy (non-hydrogen) atoms. The smallest absolute Gasteiger partial charge is 0.337 e. The molecule has 7 nitrogen and oxygen atoms in total. The summed E-state index contributed by atoms with van der Waals surface area (Å²) < 4.78 is 48.9. The van der Waals surface area contributed by atoms with Crippen LogP contribution in [-0.2, 0) is 26.1 Å². The van der Waals surface area contributed by atoms with E-state index in [9.17, 15) is 23.4 Å². The Morgan fingerprint density at radius 2 is 1.69 bits per heavy atom. The van der Waals surface area contributed by atoms with Crippen LogP contribution in [0.3, 0.4) is 0 Å². The van der Waals surface area contributed by atoms with Crippen LogP contribution < -0.4 is 4.31 Å². The number of ether oxygens (including phenoxy) is 1. The molecule has 1 heterocycles. The van der Waals surface area contributed by atoms with Crippen LogP contribution in [0.2, 0.25) is 5.02 Å². The molecule has 0 aliphatic carbocycles. The Morgan fingerprint density at radius 1 is 1.05 bits per heavy atom. The van der Waals surface area contributed by atoms with Gasteiger partial charge in [-0.05, 0) is 81.5 Å². The number of carboxylic acids is 1. The number of carboxylic acid groups (broad SMARTS) is 1. The van der Waals surface area contributed by atoms with Crippen LogP contribution in [-0.4, -0.2) is 36.5 Å². The molecular weight excluding hydrogens is 545 g/mol. The maximum absolute atomic E-state index is 15.5. The molecule has 10 heteroatoms. The topological polar surface area (TPSA) is 104 Å². The second-order valence-corrected chi connectivity index (χ2v) is 13.1. The zero-order valence-corrected chi connectivity index (χ0v) is 24.4. The van der Waals surface area contributed by atoms with Crippen LogP contribution in [0.1, 0.15) is 54.7 Å². The Kier molecular flexibility index (Phi) is 7.25. The SMILES string of the molecule is Cc1c(-c2c(C)c3c(c(C)c2[C@H](OC(C)(C)C)C(=O)O)N(S(C)(=O)=O)Cc2cccc(F)c2-3)ccc(Cl)c1O. The van der Waals surface area contributed by atoms with Crippen LogP contribution in [0.5, 0.6) is 5.75 Å². The standard InChI is InChI=1S/C29H31ClFNO6S/c1-14-18(11-12-19(30)26(14)33)21-15(2)22-24-17(9-8-10-20(24)31)13-32(39(7,36)37)25(22)16(3)23(21)27(28(34)35)38-29(4,5)6/h8-12,27,33H,13H2,1-7H3,(H,34,35)/t27-/m0/s1. The summed E-state index contributed by atoms with van der Waals surface area (Å²) in [5.74, 6) is -1.99. The number of aliphatic carboxylic acids is 1. The molecule has 1 aliphatic heterocycles. The number of nitrogens with zero attached hydrogens (tertiary/aromatic N) is 1. The molecule has 0 amide bonds. The number of rotatable bonds is 5. The number of phenolic OH excluding ortho intramolecular Hbond substituents is 1. The highest BCUT2D eigenvalue weighted by atomic mass is 35.5. The number of hydrogen-bond donors (Lipinski definition) is 2. The molecule has 0 fully saturated rings. The maximum Gasteiger partial charge on any atom is 0.337 e. The van der Waals surface area contributed by atoms with Gasteiger partial charge in [0.1, 0.15) is 11.6 Å². The van der Waals surface area contributed by atoms with E-state index in [1.807, 2.05) is 0 Å². The molecule has 1 aliphatic rings. The molecule has 0 unspecified atom stereocenters. The fourth-order valence-electron chi connectivity index (χ4n) is 5.32. The lowest BCUT2D eigenvalue weighted by molar-refractivity contribution is -0.160. The van der Waals surface area contributed by atoms with Crippen LogP contribution in [0.25, 0.3) is 22.3 Å². The molecule has 3 aromatic rings. The van der Waals surface area contributed by atoms with Crippen molar-refractivity contribution < 1.29 is 32.6 Å². The second-order valence-electron chi connectivity index (χ2n) is 10.8. The van der Waals surface area contributed by atoms with Crippen molar-refractivity contribution in [1.29, 1.82) is 0 Å². The van der Waals surface area contributed by atoms with E-state index >= 15 is 4.39 Å². The summed E-state index contributed by atoms with van der Waals surface area (Å²) in [5, 5.41) is 21.2. The quantitative estimate of drug-likeness (QED) is 0.352. The Balaban J connectivity index is 2.29. The van der Waals surface area contributed by atoms with Crippen molar-refractivity contribution in [2.45, 2.75) is 59.8 Å². The fraction of sp³-hybridized carbons (Fsp3) is 0.345. The minimum Gasteiger partial charge on any atom is -0.506 e. The summed E-state index contributed by atoms with van der Waals surface area (Å²) in [6, 6.07) is 7.66. The first-order valence-electron chi connectivity index (χ1n) is 12.3. The number of carbonyl (C=O) groups is 1. The van der Waals surface area contributed by atoms with Crippen molar-refractivity contribution in [3.63, 3.8) is 0 Å². The molecule has 0 radical (unpaired) electrons. The number of hydrogen-bond acceptors (Lipinski definition) is 5. The second kappa shape index (κ2) is 9.80. The third-order valence-corrected chi connectivity index (χ3v) is 8.36. The van der Waals surface area contributed by atoms with Crippen LogP contribution >= 0.6 is 11.6 Å². The van der Waals surface area contributed by atoms with E-state index in [0.29, 0.717) is 38.9 Å². The molecule has 0 bridgehead atoms. The van der Waals surface area contributed by atoms with Crippen molar-refractivity contribution in [3.05, 3.63) is 69.0 Å². The Labute approximate surface area is 232 Å². The van der Waals surface area contributed by atoms with E-state index in [1.54, 1.807) is 53.7 Å². The summed E-state index contributed by atoms with van der Waals surface area (Å²) in [5.41, 5.74) is 2.60. The summed E-state index contributed by atoms with van der Waals surface area (Å²) in [6.45, 7) is 10.0. The van der Waals surface area contributed by atoms with Gasteiger partial charge in [0.25, 0.3) is 0 Å². The van der Waals surface area contributed by atoms with Gasteiger partial charge < -0.3 is 14.9 Å². The summed E-state index contributed by atoms with van der Waals surface area (Å²) in [4.78, 5) is 12.7. The number of fused-ring (bicyclic) bond motifs is 3. The van der Waals surface area contributed by atoms with Crippen LogP contribution in [0, 0.1) is 26.6 Å². The lowest BCUT2D eigenvalue weighted by Gasteiger charge is -2.37. The monoisotopic (exact) mass is 575 g/mol. The van der Waals surface area contributed by atoms with Crippen molar-refractivity contribution in [1.82, 2.24) is 0 Å². The zero-order chi connectivity index (χ0) is 29.2. The van der Waals surface area contributed by atoms with E-state index in [0.717, 1.165) is 6.26 Å². The summed E-state index contributed by atoms with van der Waals surface area (Å²) in [7, 11) is -3.86. The Bertz CT molecular complexity index is 1630. The molecule has 208 valence electrons. The lowest BCUT2D eigenvalue weighted by Crippen LogP contribution is -2.35. The van der Waals surface area contributed by atoms with Gasteiger partial charge in [0.05, 0.1) is 29.1 Å². The van der Waals surface area contributed by atoms with Crippen molar-refractivity contribution in [3.8, 4) is 28.0 Å². The molecular formula is C29H31ClFNO6S. The maximum atomic E-state index is 15.5. The van der Waals surface area contributed by atoms with Gasteiger partial charge in [0.2, 0.25) is 10.0 Å².